The highest BCUT2D eigenvalue weighted by Crippen LogP contribution is 2.64. The van der Waals surface area contributed by atoms with Crippen LogP contribution in [0.15, 0.2) is 18.2 Å². The minimum atomic E-state index is -1.04. The Morgan fingerprint density at radius 3 is 2.66 bits per heavy atom. The lowest BCUT2D eigenvalue weighted by atomic mass is 9.65. The Hall–Kier alpha value is -2.45. The first kappa shape index (κ1) is 22.7. The number of benzene rings is 1. The van der Waals surface area contributed by atoms with Crippen molar-refractivity contribution >= 4 is 23.4 Å². The van der Waals surface area contributed by atoms with Crippen LogP contribution >= 0.6 is 0 Å². The number of aliphatic hydroxyl groups excluding tert-OH is 1. The Balaban J connectivity index is 1.76. The summed E-state index contributed by atoms with van der Waals surface area (Å²) in [5, 5.41) is 15.1. The van der Waals surface area contributed by atoms with E-state index in [0.717, 1.165) is 11.1 Å². The number of anilines is 1. The van der Waals surface area contributed by atoms with Gasteiger partial charge in [-0.2, -0.15) is 0 Å². The predicted octanol–water partition coefficient (Wildman–Crippen LogP) is 1.53. The molecule has 3 aliphatic heterocycles. The summed E-state index contributed by atoms with van der Waals surface area (Å²) in [6, 6.07) is 4.98. The van der Waals surface area contributed by atoms with E-state index in [2.05, 4.69) is 10.6 Å². The molecule has 2 unspecified atom stereocenters. The number of rotatable bonds is 7. The third-order valence-electron chi connectivity index (χ3n) is 7.67. The molecule has 1 aromatic rings. The lowest BCUT2D eigenvalue weighted by molar-refractivity contribution is -0.146. The van der Waals surface area contributed by atoms with Crippen LogP contribution in [0.2, 0.25) is 0 Å². The van der Waals surface area contributed by atoms with Crippen LogP contribution < -0.4 is 10.6 Å². The normalized spacial score (nSPS) is 32.8. The highest BCUT2D eigenvalue weighted by Gasteiger charge is 2.78. The summed E-state index contributed by atoms with van der Waals surface area (Å²) in [6.45, 7) is 5.99. The van der Waals surface area contributed by atoms with Crippen molar-refractivity contribution in [2.75, 3.05) is 25.5 Å². The van der Waals surface area contributed by atoms with Gasteiger partial charge in [-0.05, 0) is 56.7 Å². The van der Waals surface area contributed by atoms with Crippen molar-refractivity contribution in [2.24, 2.45) is 11.8 Å². The molecule has 8 nitrogen and oxygen atoms in total. The molecule has 2 bridgehead atoms. The Bertz CT molecular complexity index is 950. The lowest BCUT2D eigenvalue weighted by Gasteiger charge is -2.33. The fraction of sp³-hybridized carbons (Fsp3) is 0.625. The standard InChI is InChI=1S/C24H33N3O5/c1-5-23-9-10-24(32-23)18(17(23)20(29)25-4)22(31)27(11-6-12-28)19(24)21(30)26-16-13-14(2)7-8-15(16)3/h7-8,13,17-19,28H,5-6,9-12H2,1-4H3,(H,25,29)(H,26,30)/t17-,18-,19?,23+,24?/m0/s1. The van der Waals surface area contributed by atoms with Gasteiger partial charge in [-0.15, -0.1) is 0 Å². The van der Waals surface area contributed by atoms with Crippen molar-refractivity contribution < 1.29 is 24.2 Å². The van der Waals surface area contributed by atoms with Gasteiger partial charge in [0.25, 0.3) is 0 Å². The summed E-state index contributed by atoms with van der Waals surface area (Å²) < 4.78 is 6.62. The molecular weight excluding hydrogens is 410 g/mol. The van der Waals surface area contributed by atoms with E-state index in [1.54, 1.807) is 7.05 Å². The molecule has 4 rings (SSSR count). The van der Waals surface area contributed by atoms with Crippen molar-refractivity contribution in [1.82, 2.24) is 10.2 Å². The van der Waals surface area contributed by atoms with Gasteiger partial charge < -0.3 is 25.4 Å². The van der Waals surface area contributed by atoms with Crippen LogP contribution in [0.3, 0.4) is 0 Å². The number of amides is 3. The number of carbonyl (C=O) groups is 3. The van der Waals surface area contributed by atoms with E-state index in [4.69, 9.17) is 4.74 Å². The minimum absolute atomic E-state index is 0.0919. The molecule has 32 heavy (non-hydrogen) atoms. The van der Waals surface area contributed by atoms with E-state index < -0.39 is 29.1 Å². The van der Waals surface area contributed by atoms with E-state index in [1.165, 1.54) is 4.90 Å². The summed E-state index contributed by atoms with van der Waals surface area (Å²) in [4.78, 5) is 41.8. The molecule has 3 heterocycles. The molecular formula is C24H33N3O5. The van der Waals surface area contributed by atoms with E-state index in [1.807, 2.05) is 39.0 Å². The first-order valence-electron chi connectivity index (χ1n) is 11.5. The molecule has 0 aliphatic carbocycles. The third-order valence-corrected chi connectivity index (χ3v) is 7.67. The molecule has 3 fully saturated rings. The van der Waals surface area contributed by atoms with Crippen molar-refractivity contribution in [3.8, 4) is 0 Å². The smallest absolute Gasteiger partial charge is 0.250 e. The third kappa shape index (κ3) is 3.15. The molecule has 174 valence electrons. The Kier molecular flexibility index (Phi) is 5.79. The molecule has 8 heteroatoms. The van der Waals surface area contributed by atoms with Crippen LogP contribution in [0.1, 0.15) is 43.7 Å². The maximum Gasteiger partial charge on any atom is 0.250 e. The van der Waals surface area contributed by atoms with E-state index in [0.29, 0.717) is 31.4 Å². The largest absolute Gasteiger partial charge is 0.396 e. The summed E-state index contributed by atoms with van der Waals surface area (Å²) in [6.07, 6.45) is 2.13. The van der Waals surface area contributed by atoms with Gasteiger partial charge >= 0.3 is 0 Å². The van der Waals surface area contributed by atoms with Crippen LogP contribution in [0, 0.1) is 25.7 Å². The average molecular weight is 444 g/mol. The number of nitrogens with one attached hydrogen (secondary N) is 2. The molecule has 0 saturated carbocycles. The van der Waals surface area contributed by atoms with Crippen molar-refractivity contribution in [2.45, 2.75) is 63.7 Å². The molecule has 3 amide bonds. The number of aliphatic hydroxyl groups is 1. The van der Waals surface area contributed by atoms with Crippen LogP contribution in [0.25, 0.3) is 0 Å². The number of hydrogen-bond acceptors (Lipinski definition) is 5. The van der Waals surface area contributed by atoms with Crippen molar-refractivity contribution in [3.63, 3.8) is 0 Å². The number of likely N-dealkylation sites (tertiary alicyclic amines) is 1. The topological polar surface area (TPSA) is 108 Å². The Labute approximate surface area is 188 Å². The zero-order valence-corrected chi connectivity index (χ0v) is 19.2. The monoisotopic (exact) mass is 443 g/mol. The lowest BCUT2D eigenvalue weighted by Crippen LogP contribution is -2.53. The number of carbonyl (C=O) groups excluding carboxylic acids is 3. The van der Waals surface area contributed by atoms with E-state index in [-0.39, 0.29) is 30.9 Å². The van der Waals surface area contributed by atoms with Gasteiger partial charge in [-0.1, -0.05) is 19.1 Å². The predicted molar refractivity (Wildman–Crippen MR) is 119 cm³/mol. The fourth-order valence-electron chi connectivity index (χ4n) is 6.13. The fourth-order valence-corrected chi connectivity index (χ4v) is 6.13. The van der Waals surface area contributed by atoms with Crippen molar-refractivity contribution in [3.05, 3.63) is 29.3 Å². The molecule has 1 spiro atoms. The second-order valence-corrected chi connectivity index (χ2v) is 9.36. The van der Waals surface area contributed by atoms with E-state index in [9.17, 15) is 19.5 Å². The molecule has 5 atom stereocenters. The Morgan fingerprint density at radius 1 is 1.25 bits per heavy atom. The zero-order valence-electron chi connectivity index (χ0n) is 19.2. The summed E-state index contributed by atoms with van der Waals surface area (Å²) in [5.74, 6) is -2.09. The zero-order chi connectivity index (χ0) is 23.3. The van der Waals surface area contributed by atoms with Gasteiger partial charge in [0.2, 0.25) is 17.7 Å². The number of nitrogens with zero attached hydrogens (tertiary/aromatic N) is 1. The highest BCUT2D eigenvalue weighted by molar-refractivity contribution is 6.04. The van der Waals surface area contributed by atoms with E-state index >= 15 is 0 Å². The maximum absolute atomic E-state index is 13.7. The van der Waals surface area contributed by atoms with Gasteiger partial charge in [0.1, 0.15) is 11.6 Å². The summed E-state index contributed by atoms with van der Waals surface area (Å²) >= 11 is 0. The second-order valence-electron chi connectivity index (χ2n) is 9.36. The number of ether oxygens (including phenoxy) is 1. The number of aryl methyl sites for hydroxylation is 2. The summed E-state index contributed by atoms with van der Waals surface area (Å²) in [7, 11) is 1.57. The quantitative estimate of drug-likeness (QED) is 0.592. The first-order chi connectivity index (χ1) is 15.2. The maximum atomic E-state index is 13.7. The van der Waals surface area contributed by atoms with Gasteiger partial charge in [0.15, 0.2) is 0 Å². The molecule has 0 aromatic heterocycles. The second kappa shape index (κ2) is 8.15. The van der Waals surface area contributed by atoms with Gasteiger partial charge in [0.05, 0.1) is 17.4 Å². The van der Waals surface area contributed by atoms with Crippen molar-refractivity contribution in [1.29, 1.82) is 0 Å². The first-order valence-corrected chi connectivity index (χ1v) is 11.5. The van der Waals surface area contributed by atoms with Gasteiger partial charge in [0, 0.05) is 25.9 Å². The molecule has 3 aliphatic rings. The van der Waals surface area contributed by atoms with Crippen LogP contribution in [0.5, 0.6) is 0 Å². The molecule has 1 aromatic carbocycles. The van der Waals surface area contributed by atoms with Crippen LogP contribution in [-0.2, 0) is 19.1 Å². The number of hydrogen-bond donors (Lipinski definition) is 3. The molecule has 3 saturated heterocycles. The molecule has 3 N–H and O–H groups in total. The average Bonchev–Trinajstić information content (AvgIpc) is 3.38. The number of fused-ring (bicyclic) bond motifs is 1. The van der Waals surface area contributed by atoms with Gasteiger partial charge in [-0.25, -0.2) is 0 Å². The van der Waals surface area contributed by atoms with Crippen LogP contribution in [0.4, 0.5) is 5.69 Å². The summed E-state index contributed by atoms with van der Waals surface area (Å²) in [5.41, 5.74) is 0.867. The molecule has 0 radical (unpaired) electrons. The minimum Gasteiger partial charge on any atom is -0.396 e. The van der Waals surface area contributed by atoms with Crippen LogP contribution in [-0.4, -0.2) is 65.2 Å². The SMILES string of the molecule is CC[C@]12CCC3(O1)C(C(=O)Nc1cc(C)ccc1C)N(CCCO)C(=O)[C@@H]3[C@H]2C(=O)NC. The van der Waals surface area contributed by atoms with Gasteiger partial charge in [-0.3, -0.25) is 14.4 Å². The highest BCUT2D eigenvalue weighted by atomic mass is 16.5. The Morgan fingerprint density at radius 2 is 2.00 bits per heavy atom.